The number of nitrogens with one attached hydrogen (secondary N) is 1. The summed E-state index contributed by atoms with van der Waals surface area (Å²) >= 11 is 0. The van der Waals surface area contributed by atoms with E-state index in [1.165, 1.54) is 31.9 Å². The van der Waals surface area contributed by atoms with Gasteiger partial charge >= 0.3 is 5.97 Å². The first-order valence-corrected chi connectivity index (χ1v) is 8.35. The third kappa shape index (κ3) is 3.68. The molecule has 0 aromatic heterocycles. The number of carbonyl (C=O) groups is 1. The number of benzene rings is 1. The fraction of sp³-hybridized carbons (Fsp3) is 0.611. The van der Waals surface area contributed by atoms with Gasteiger partial charge < -0.3 is 10.1 Å². The van der Waals surface area contributed by atoms with Crippen LogP contribution in [0.4, 0.5) is 0 Å². The number of esters is 1. The topological polar surface area (TPSA) is 41.6 Å². The first kappa shape index (κ1) is 15.5. The Balaban J connectivity index is 1.60. The molecule has 0 radical (unpaired) electrons. The first-order chi connectivity index (χ1) is 10.8. The van der Waals surface area contributed by atoms with Crippen molar-refractivity contribution < 1.29 is 9.53 Å². The molecular formula is C18H26N2O2. The summed E-state index contributed by atoms with van der Waals surface area (Å²) in [5.74, 6) is -0.0526. The largest absolute Gasteiger partial charge is 0.469 e. The molecule has 4 heteroatoms. The predicted octanol–water partition coefficient (Wildman–Crippen LogP) is 2.19. The van der Waals surface area contributed by atoms with E-state index < -0.39 is 0 Å². The zero-order valence-electron chi connectivity index (χ0n) is 13.3. The van der Waals surface area contributed by atoms with E-state index >= 15 is 0 Å². The summed E-state index contributed by atoms with van der Waals surface area (Å²) in [7, 11) is 1.50. The van der Waals surface area contributed by atoms with Crippen LogP contribution in [0.1, 0.15) is 31.2 Å². The zero-order valence-corrected chi connectivity index (χ0v) is 13.3. The molecule has 2 fully saturated rings. The van der Waals surface area contributed by atoms with Crippen LogP contribution >= 0.6 is 0 Å². The van der Waals surface area contributed by atoms with Gasteiger partial charge in [0, 0.05) is 31.7 Å². The van der Waals surface area contributed by atoms with Crippen molar-refractivity contribution in [2.75, 3.05) is 20.2 Å². The number of likely N-dealkylation sites (tertiary alicyclic amines) is 1. The molecule has 2 unspecified atom stereocenters. The fourth-order valence-electron chi connectivity index (χ4n) is 3.53. The van der Waals surface area contributed by atoms with E-state index in [0.29, 0.717) is 12.1 Å². The molecule has 3 rings (SSSR count). The second-order valence-electron chi connectivity index (χ2n) is 6.56. The molecule has 1 aromatic rings. The number of nitrogens with zero attached hydrogens (tertiary/aromatic N) is 1. The Morgan fingerprint density at radius 3 is 2.68 bits per heavy atom. The van der Waals surface area contributed by atoms with Gasteiger partial charge in [0.15, 0.2) is 0 Å². The van der Waals surface area contributed by atoms with E-state index in [-0.39, 0.29) is 11.9 Å². The molecule has 1 aliphatic carbocycles. The minimum absolute atomic E-state index is 0.00706. The Bertz CT molecular complexity index is 487. The normalized spacial score (nSPS) is 26.4. The Hall–Kier alpha value is -1.39. The molecule has 1 saturated heterocycles. The van der Waals surface area contributed by atoms with Gasteiger partial charge in [-0.1, -0.05) is 36.8 Å². The molecule has 0 spiro atoms. The summed E-state index contributed by atoms with van der Waals surface area (Å²) in [6, 6.07) is 11.5. The summed E-state index contributed by atoms with van der Waals surface area (Å²) in [4.78, 5) is 14.5. The average Bonchev–Trinajstić information content (AvgIpc) is 2.51. The van der Waals surface area contributed by atoms with E-state index in [4.69, 9.17) is 4.74 Å². The second kappa shape index (κ2) is 7.25. The van der Waals surface area contributed by atoms with Crippen molar-refractivity contribution in [3.05, 3.63) is 35.9 Å². The third-order valence-corrected chi connectivity index (χ3v) is 5.04. The number of piperidine rings is 1. The molecule has 4 nitrogen and oxygen atoms in total. The van der Waals surface area contributed by atoms with Crippen LogP contribution in [-0.2, 0) is 16.1 Å². The number of hydrogen-bond donors (Lipinski definition) is 1. The van der Waals surface area contributed by atoms with Gasteiger partial charge in [0.1, 0.15) is 0 Å². The van der Waals surface area contributed by atoms with Gasteiger partial charge in [-0.05, 0) is 24.8 Å². The summed E-state index contributed by atoms with van der Waals surface area (Å²) in [5.41, 5.74) is 1.29. The van der Waals surface area contributed by atoms with Crippen LogP contribution in [0.25, 0.3) is 0 Å². The Labute approximate surface area is 132 Å². The van der Waals surface area contributed by atoms with Crippen LogP contribution in [0, 0.1) is 5.92 Å². The first-order valence-electron chi connectivity index (χ1n) is 8.35. The van der Waals surface area contributed by atoms with Gasteiger partial charge in [-0.15, -0.1) is 0 Å². The van der Waals surface area contributed by atoms with Crippen molar-refractivity contribution in [2.45, 2.75) is 44.3 Å². The van der Waals surface area contributed by atoms with E-state index in [2.05, 4.69) is 34.5 Å². The molecule has 22 heavy (non-hydrogen) atoms. The Morgan fingerprint density at radius 2 is 2.05 bits per heavy atom. The highest BCUT2D eigenvalue weighted by molar-refractivity contribution is 5.72. The maximum absolute atomic E-state index is 12.0. The molecule has 1 aliphatic heterocycles. The summed E-state index contributed by atoms with van der Waals surface area (Å²) in [5, 5.41) is 3.63. The van der Waals surface area contributed by atoms with E-state index in [1.54, 1.807) is 0 Å². The van der Waals surface area contributed by atoms with Crippen molar-refractivity contribution in [1.82, 2.24) is 10.2 Å². The van der Waals surface area contributed by atoms with Gasteiger partial charge in [-0.3, -0.25) is 9.69 Å². The highest BCUT2D eigenvalue weighted by Crippen LogP contribution is 2.29. The lowest BCUT2D eigenvalue weighted by Crippen LogP contribution is -2.55. The summed E-state index contributed by atoms with van der Waals surface area (Å²) in [6.07, 6.45) is 4.76. The van der Waals surface area contributed by atoms with E-state index in [1.807, 2.05) is 6.07 Å². The number of hydrogen-bond acceptors (Lipinski definition) is 4. The molecule has 1 saturated carbocycles. The van der Waals surface area contributed by atoms with Gasteiger partial charge in [0.05, 0.1) is 13.0 Å². The van der Waals surface area contributed by atoms with Crippen molar-refractivity contribution in [3.8, 4) is 0 Å². The fourth-order valence-corrected chi connectivity index (χ4v) is 3.53. The van der Waals surface area contributed by atoms with Crippen LogP contribution in [0.2, 0.25) is 0 Å². The number of ether oxygens (including phenoxy) is 1. The van der Waals surface area contributed by atoms with Gasteiger partial charge in [-0.2, -0.15) is 0 Å². The maximum atomic E-state index is 12.0. The molecule has 2 atom stereocenters. The van der Waals surface area contributed by atoms with Crippen LogP contribution in [-0.4, -0.2) is 43.2 Å². The van der Waals surface area contributed by atoms with Gasteiger partial charge in [-0.25, -0.2) is 0 Å². The quantitative estimate of drug-likeness (QED) is 0.847. The summed E-state index contributed by atoms with van der Waals surface area (Å²) in [6.45, 7) is 2.77. The standard InChI is InChI=1S/C18H26N2O2/c1-22-18(21)15-10-16(13-20(12-15)17-8-5-9-17)19-11-14-6-3-2-4-7-14/h2-4,6-7,15-17,19H,5,8-13H2,1H3. The number of carbonyl (C=O) groups excluding carboxylic acids is 1. The average molecular weight is 302 g/mol. The highest BCUT2D eigenvalue weighted by Gasteiger charge is 2.36. The lowest BCUT2D eigenvalue weighted by molar-refractivity contribution is -0.148. The molecule has 2 aliphatic rings. The maximum Gasteiger partial charge on any atom is 0.310 e. The smallest absolute Gasteiger partial charge is 0.310 e. The monoisotopic (exact) mass is 302 g/mol. The zero-order chi connectivity index (χ0) is 15.4. The molecule has 0 bridgehead atoms. The van der Waals surface area contributed by atoms with Crippen LogP contribution < -0.4 is 5.32 Å². The lowest BCUT2D eigenvalue weighted by Gasteiger charge is -2.44. The number of methoxy groups -OCH3 is 1. The van der Waals surface area contributed by atoms with Crippen LogP contribution in [0.15, 0.2) is 30.3 Å². The minimum Gasteiger partial charge on any atom is -0.469 e. The molecule has 1 heterocycles. The van der Waals surface area contributed by atoms with Crippen LogP contribution in [0.5, 0.6) is 0 Å². The molecular weight excluding hydrogens is 276 g/mol. The molecule has 120 valence electrons. The predicted molar refractivity (Wildman–Crippen MR) is 86.4 cm³/mol. The second-order valence-corrected chi connectivity index (χ2v) is 6.56. The van der Waals surface area contributed by atoms with E-state index in [9.17, 15) is 4.79 Å². The van der Waals surface area contributed by atoms with Crippen molar-refractivity contribution >= 4 is 5.97 Å². The number of rotatable bonds is 5. The van der Waals surface area contributed by atoms with Gasteiger partial charge in [0.2, 0.25) is 0 Å². The third-order valence-electron chi connectivity index (χ3n) is 5.04. The lowest BCUT2D eigenvalue weighted by atomic mass is 9.86. The SMILES string of the molecule is COC(=O)C1CC(NCc2ccccc2)CN(C2CCC2)C1. The van der Waals surface area contributed by atoms with Crippen molar-refractivity contribution in [2.24, 2.45) is 5.92 Å². The summed E-state index contributed by atoms with van der Waals surface area (Å²) < 4.78 is 4.99. The highest BCUT2D eigenvalue weighted by atomic mass is 16.5. The molecule has 0 amide bonds. The Kier molecular flexibility index (Phi) is 5.11. The molecule has 1 N–H and O–H groups in total. The van der Waals surface area contributed by atoms with Crippen LogP contribution in [0.3, 0.4) is 0 Å². The minimum atomic E-state index is -0.0597. The Morgan fingerprint density at radius 1 is 1.27 bits per heavy atom. The van der Waals surface area contributed by atoms with Crippen molar-refractivity contribution in [1.29, 1.82) is 0 Å². The van der Waals surface area contributed by atoms with Gasteiger partial charge in [0.25, 0.3) is 0 Å². The molecule has 1 aromatic carbocycles. The van der Waals surface area contributed by atoms with Crippen molar-refractivity contribution in [3.63, 3.8) is 0 Å². The van der Waals surface area contributed by atoms with E-state index in [0.717, 1.165) is 26.1 Å².